The molecule has 2 N–H and O–H groups in total. The maximum atomic E-state index is 6.71. The Morgan fingerprint density at radius 1 is 1.21 bits per heavy atom. The molecule has 0 radical (unpaired) electrons. The van der Waals surface area contributed by atoms with Gasteiger partial charge in [-0.3, -0.25) is 0 Å². The van der Waals surface area contributed by atoms with Crippen molar-refractivity contribution in [1.29, 1.82) is 0 Å². The highest BCUT2D eigenvalue weighted by atomic mass is 15.2. The topological polar surface area (TPSA) is 29.3 Å². The van der Waals surface area contributed by atoms with Crippen molar-refractivity contribution in [2.75, 3.05) is 13.6 Å². The van der Waals surface area contributed by atoms with Crippen LogP contribution in [-0.4, -0.2) is 30.1 Å². The van der Waals surface area contributed by atoms with E-state index in [0.717, 1.165) is 0 Å². The molecule has 2 heteroatoms. The number of nitrogens with zero attached hydrogens (tertiary/aromatic N) is 1. The predicted molar refractivity (Wildman–Crippen MR) is 58.0 cm³/mol. The fourth-order valence-electron chi connectivity index (χ4n) is 4.46. The number of rotatable bonds is 0. The second kappa shape index (κ2) is 2.19. The molecule has 1 saturated heterocycles. The summed E-state index contributed by atoms with van der Waals surface area (Å²) in [6.45, 7) is 5.98. The normalized spacial score (nSPS) is 55.3. The minimum Gasteiger partial charge on any atom is -0.323 e. The Kier molecular flexibility index (Phi) is 1.44. The lowest BCUT2D eigenvalue weighted by atomic mass is 9.68. The average molecular weight is 194 g/mol. The molecule has 0 amide bonds. The Bertz CT molecular complexity index is 284. The first kappa shape index (κ1) is 9.17. The summed E-state index contributed by atoms with van der Waals surface area (Å²) in [5.41, 5.74) is 7.84. The summed E-state index contributed by atoms with van der Waals surface area (Å²) in [5, 5.41) is 0. The van der Waals surface area contributed by atoms with Gasteiger partial charge in [0.15, 0.2) is 0 Å². The molecular weight excluding hydrogens is 172 g/mol. The third kappa shape index (κ3) is 0.704. The van der Waals surface area contributed by atoms with Gasteiger partial charge >= 0.3 is 0 Å². The van der Waals surface area contributed by atoms with Gasteiger partial charge in [0.25, 0.3) is 0 Å². The summed E-state index contributed by atoms with van der Waals surface area (Å²) in [4.78, 5) is 2.47. The molecule has 0 unspecified atom stereocenters. The van der Waals surface area contributed by atoms with Crippen LogP contribution in [0.1, 0.15) is 39.5 Å². The number of likely N-dealkylation sites (tertiary alicyclic amines) is 1. The summed E-state index contributed by atoms with van der Waals surface area (Å²) in [5.74, 6) is 0. The van der Waals surface area contributed by atoms with Crippen molar-refractivity contribution in [1.82, 2.24) is 4.90 Å². The lowest BCUT2D eigenvalue weighted by molar-refractivity contribution is 0.153. The summed E-state index contributed by atoms with van der Waals surface area (Å²) in [6.07, 6.45) is 5.50. The molecule has 2 aliphatic carbocycles. The van der Waals surface area contributed by atoms with Crippen LogP contribution >= 0.6 is 0 Å². The molecule has 0 bridgehead atoms. The molecular formula is C12H22N2. The van der Waals surface area contributed by atoms with Crippen molar-refractivity contribution in [3.8, 4) is 0 Å². The highest BCUT2D eigenvalue weighted by Gasteiger charge is 2.72. The number of hydrogen-bond acceptors (Lipinski definition) is 2. The average Bonchev–Trinajstić information content (AvgIpc) is 2.86. The molecule has 2 nitrogen and oxygen atoms in total. The first-order chi connectivity index (χ1) is 6.45. The Labute approximate surface area is 86.8 Å². The van der Waals surface area contributed by atoms with E-state index in [-0.39, 0.29) is 5.54 Å². The molecule has 80 valence electrons. The van der Waals surface area contributed by atoms with Gasteiger partial charge in [0.05, 0.1) is 0 Å². The summed E-state index contributed by atoms with van der Waals surface area (Å²) < 4.78 is 0. The van der Waals surface area contributed by atoms with Crippen LogP contribution in [0.25, 0.3) is 0 Å². The Balaban J connectivity index is 2.07. The van der Waals surface area contributed by atoms with Crippen molar-refractivity contribution in [2.24, 2.45) is 16.6 Å². The predicted octanol–water partition coefficient (Wildman–Crippen LogP) is 1.60. The fraction of sp³-hybridized carbons (Fsp3) is 1.00. The van der Waals surface area contributed by atoms with E-state index in [9.17, 15) is 0 Å². The van der Waals surface area contributed by atoms with Crippen LogP contribution in [0.5, 0.6) is 0 Å². The Hall–Kier alpha value is -0.0800. The molecule has 3 aliphatic rings. The van der Waals surface area contributed by atoms with Gasteiger partial charge in [0.1, 0.15) is 0 Å². The van der Waals surface area contributed by atoms with Gasteiger partial charge in [-0.15, -0.1) is 0 Å². The van der Waals surface area contributed by atoms with Gasteiger partial charge in [-0.2, -0.15) is 0 Å². The zero-order chi connectivity index (χ0) is 10.2. The zero-order valence-electron chi connectivity index (χ0n) is 9.64. The van der Waals surface area contributed by atoms with Crippen LogP contribution in [0.15, 0.2) is 0 Å². The first-order valence-electron chi connectivity index (χ1n) is 5.94. The fourth-order valence-corrected chi connectivity index (χ4v) is 4.46. The van der Waals surface area contributed by atoms with Crippen molar-refractivity contribution < 1.29 is 0 Å². The van der Waals surface area contributed by atoms with E-state index in [1.54, 1.807) is 0 Å². The van der Waals surface area contributed by atoms with E-state index in [1.165, 1.54) is 32.2 Å². The molecule has 0 aromatic heterocycles. The van der Waals surface area contributed by atoms with Crippen molar-refractivity contribution >= 4 is 0 Å². The van der Waals surface area contributed by atoms with Crippen molar-refractivity contribution in [3.05, 3.63) is 0 Å². The third-order valence-electron chi connectivity index (χ3n) is 6.04. The van der Waals surface area contributed by atoms with Gasteiger partial charge in [-0.25, -0.2) is 0 Å². The van der Waals surface area contributed by atoms with Crippen LogP contribution < -0.4 is 5.73 Å². The van der Waals surface area contributed by atoms with Crippen LogP contribution in [0.3, 0.4) is 0 Å². The standard InChI is InChI=1S/C12H22N2/c1-9-12(13)7-6-11(4-5-11)10(12,2)8-14(9)3/h9H,4-8,13H2,1-3H3/t9-,10-,12+/m1/s1. The summed E-state index contributed by atoms with van der Waals surface area (Å²) >= 11 is 0. The number of hydrogen-bond donors (Lipinski definition) is 1. The van der Waals surface area contributed by atoms with Crippen LogP contribution in [-0.2, 0) is 0 Å². The maximum Gasteiger partial charge on any atom is 0.0381 e. The van der Waals surface area contributed by atoms with E-state index >= 15 is 0 Å². The lowest BCUT2D eigenvalue weighted by Crippen LogP contribution is -2.56. The molecule has 3 rings (SSSR count). The molecule has 3 atom stereocenters. The summed E-state index contributed by atoms with van der Waals surface area (Å²) in [6, 6.07) is 0.562. The zero-order valence-corrected chi connectivity index (χ0v) is 9.64. The van der Waals surface area contributed by atoms with Crippen LogP contribution in [0.2, 0.25) is 0 Å². The van der Waals surface area contributed by atoms with Gasteiger partial charge in [-0.05, 0) is 45.1 Å². The molecule has 14 heavy (non-hydrogen) atoms. The molecule has 2 saturated carbocycles. The molecule has 3 fully saturated rings. The smallest absolute Gasteiger partial charge is 0.0381 e. The highest BCUT2D eigenvalue weighted by Crippen LogP contribution is 2.73. The maximum absolute atomic E-state index is 6.71. The van der Waals surface area contributed by atoms with Gasteiger partial charge in [-0.1, -0.05) is 6.92 Å². The minimum atomic E-state index is 0.0955. The highest BCUT2D eigenvalue weighted by molar-refractivity contribution is 5.27. The minimum absolute atomic E-state index is 0.0955. The second-order valence-electron chi connectivity index (χ2n) is 6.24. The van der Waals surface area contributed by atoms with Crippen LogP contribution in [0.4, 0.5) is 0 Å². The molecule has 0 aromatic carbocycles. The lowest BCUT2D eigenvalue weighted by Gasteiger charge is -2.40. The number of fused-ring (bicyclic) bond motifs is 2. The van der Waals surface area contributed by atoms with E-state index < -0.39 is 0 Å². The van der Waals surface area contributed by atoms with E-state index in [4.69, 9.17) is 5.73 Å². The molecule has 0 aromatic rings. The van der Waals surface area contributed by atoms with Crippen molar-refractivity contribution in [3.63, 3.8) is 0 Å². The largest absolute Gasteiger partial charge is 0.323 e. The van der Waals surface area contributed by atoms with Gasteiger partial charge in [0.2, 0.25) is 0 Å². The molecule has 1 spiro atoms. The van der Waals surface area contributed by atoms with Crippen molar-refractivity contribution in [2.45, 2.75) is 51.1 Å². The Morgan fingerprint density at radius 2 is 1.79 bits per heavy atom. The monoisotopic (exact) mass is 194 g/mol. The molecule has 1 aliphatic heterocycles. The van der Waals surface area contributed by atoms with Gasteiger partial charge < -0.3 is 10.6 Å². The number of nitrogens with two attached hydrogens (primary N) is 1. The third-order valence-corrected chi connectivity index (χ3v) is 6.04. The van der Waals surface area contributed by atoms with E-state index in [0.29, 0.717) is 16.9 Å². The number of likely N-dealkylation sites (N-methyl/N-ethyl adjacent to an activating group) is 1. The van der Waals surface area contributed by atoms with E-state index in [1.807, 2.05) is 0 Å². The Morgan fingerprint density at radius 3 is 2.36 bits per heavy atom. The SMILES string of the molecule is C[C@H]1N(C)C[C@]2(C)C3(CC3)CC[C@]12N. The molecule has 1 heterocycles. The van der Waals surface area contributed by atoms with Crippen LogP contribution in [0, 0.1) is 10.8 Å². The summed E-state index contributed by atoms with van der Waals surface area (Å²) in [7, 11) is 2.24. The first-order valence-corrected chi connectivity index (χ1v) is 5.94. The quantitative estimate of drug-likeness (QED) is 0.634. The van der Waals surface area contributed by atoms with E-state index in [2.05, 4.69) is 25.8 Å². The second-order valence-corrected chi connectivity index (χ2v) is 6.24. The van der Waals surface area contributed by atoms with Gasteiger partial charge in [0, 0.05) is 23.5 Å².